The molecule has 192 valence electrons. The Balaban J connectivity index is 1.78. The van der Waals surface area contributed by atoms with Crippen LogP contribution in [0.3, 0.4) is 0 Å². The van der Waals surface area contributed by atoms with Gasteiger partial charge in [-0.15, -0.1) is 0 Å². The van der Waals surface area contributed by atoms with Crippen molar-refractivity contribution in [1.29, 1.82) is 0 Å². The first-order chi connectivity index (χ1) is 17.0. The third kappa shape index (κ3) is 4.17. The maximum absolute atomic E-state index is 13.4. The maximum atomic E-state index is 13.4. The zero-order valence-corrected chi connectivity index (χ0v) is 20.7. The van der Waals surface area contributed by atoms with Gasteiger partial charge in [-0.2, -0.15) is 0 Å². The third-order valence-electron chi connectivity index (χ3n) is 7.19. The second kappa shape index (κ2) is 9.45. The minimum atomic E-state index is -1.29. The Labute approximate surface area is 207 Å². The smallest absolute Gasteiger partial charge is 0.312 e. The number of aryl methyl sites for hydroxylation is 1. The molecule has 3 atom stereocenters. The molecule has 2 bridgehead atoms. The van der Waals surface area contributed by atoms with E-state index in [0.29, 0.717) is 18.4 Å². The first-order valence-electron chi connectivity index (χ1n) is 11.7. The van der Waals surface area contributed by atoms with Gasteiger partial charge in [0, 0.05) is 27.6 Å². The van der Waals surface area contributed by atoms with Crippen LogP contribution >= 0.6 is 0 Å². The lowest BCUT2D eigenvalue weighted by molar-refractivity contribution is -0.159. The van der Waals surface area contributed by atoms with Crippen molar-refractivity contribution >= 4 is 17.6 Å². The molecule has 3 unspecified atom stereocenters. The van der Waals surface area contributed by atoms with Crippen LogP contribution in [0.1, 0.15) is 54.1 Å². The number of ketones is 1. The highest BCUT2D eigenvalue weighted by atomic mass is 19.1. The molecule has 1 N–H and O–H groups in total. The molecule has 10 nitrogen and oxygen atoms in total. The lowest BCUT2D eigenvalue weighted by Crippen LogP contribution is -2.56. The van der Waals surface area contributed by atoms with Gasteiger partial charge in [-0.05, 0) is 43.9 Å². The van der Waals surface area contributed by atoms with E-state index in [0.717, 1.165) is 4.90 Å². The largest absolute Gasteiger partial charge is 0.501 e. The van der Waals surface area contributed by atoms with Crippen molar-refractivity contribution in [2.75, 3.05) is 27.7 Å². The zero-order valence-electron chi connectivity index (χ0n) is 20.7. The number of amides is 2. The molecule has 2 amide bonds. The molecule has 1 saturated heterocycles. The van der Waals surface area contributed by atoms with Crippen LogP contribution in [-0.4, -0.2) is 75.9 Å². The Morgan fingerprint density at radius 2 is 1.86 bits per heavy atom. The highest BCUT2D eigenvalue weighted by molar-refractivity contribution is 6.34. The molecule has 0 saturated carbocycles. The zero-order chi connectivity index (χ0) is 26.4. The molecule has 0 radical (unpaired) electrons. The lowest BCUT2D eigenvalue weighted by atomic mass is 9.88. The van der Waals surface area contributed by atoms with Crippen molar-refractivity contribution in [2.45, 2.75) is 50.3 Å². The van der Waals surface area contributed by atoms with Crippen LogP contribution in [0.15, 0.2) is 29.1 Å². The van der Waals surface area contributed by atoms with Gasteiger partial charge in [0.15, 0.2) is 11.5 Å². The number of aromatic hydroxyl groups is 1. The normalized spacial score (nSPS) is 22.5. The minimum absolute atomic E-state index is 0.0224. The van der Waals surface area contributed by atoms with Crippen LogP contribution < -0.4 is 5.56 Å². The first-order valence-corrected chi connectivity index (χ1v) is 11.7. The lowest BCUT2D eigenvalue weighted by Gasteiger charge is -2.43. The van der Waals surface area contributed by atoms with Crippen molar-refractivity contribution in [2.24, 2.45) is 0 Å². The summed E-state index contributed by atoms with van der Waals surface area (Å²) in [4.78, 5) is 58.8. The van der Waals surface area contributed by atoms with Crippen molar-refractivity contribution in [3.05, 3.63) is 57.5 Å². The number of carbonyl (C=O) groups is 3. The molecule has 0 aliphatic carbocycles. The van der Waals surface area contributed by atoms with Gasteiger partial charge in [0.05, 0.1) is 18.8 Å². The van der Waals surface area contributed by atoms with Crippen LogP contribution in [0.2, 0.25) is 0 Å². The molecule has 36 heavy (non-hydrogen) atoms. The number of aromatic nitrogens is 2. The van der Waals surface area contributed by atoms with Gasteiger partial charge in [-0.3, -0.25) is 23.7 Å². The van der Waals surface area contributed by atoms with E-state index in [1.54, 1.807) is 19.1 Å². The molecule has 5 rings (SSSR count). The number of benzene rings is 1. The number of Topliss-reactive ketones (excluding diaryl/α,β-unsaturated/α-hetero) is 1. The maximum Gasteiger partial charge on any atom is 0.312 e. The molecule has 3 aliphatic rings. The number of ether oxygens (including phenoxy) is 1. The summed E-state index contributed by atoms with van der Waals surface area (Å²) in [6.07, 6.45) is 0.634. The second-order valence-corrected chi connectivity index (χ2v) is 9.58. The van der Waals surface area contributed by atoms with Crippen LogP contribution in [-0.2, 0) is 26.3 Å². The van der Waals surface area contributed by atoms with Gasteiger partial charge < -0.3 is 19.6 Å². The van der Waals surface area contributed by atoms with E-state index in [1.165, 1.54) is 42.7 Å². The quantitative estimate of drug-likeness (QED) is 0.486. The number of carbonyl (C=O) groups excluding carboxylic acids is 3. The fraction of sp³-hybridized carbons (Fsp3) is 0.480. The van der Waals surface area contributed by atoms with E-state index in [1.807, 2.05) is 0 Å². The second-order valence-electron chi connectivity index (χ2n) is 9.58. The summed E-state index contributed by atoms with van der Waals surface area (Å²) in [7, 11) is 4.37. The summed E-state index contributed by atoms with van der Waals surface area (Å²) in [6, 6.07) is 5.15. The van der Waals surface area contributed by atoms with E-state index in [2.05, 4.69) is 4.98 Å². The fourth-order valence-electron chi connectivity index (χ4n) is 4.90. The van der Waals surface area contributed by atoms with E-state index in [-0.39, 0.29) is 31.4 Å². The number of halogens is 1. The van der Waals surface area contributed by atoms with Crippen LogP contribution in [0.4, 0.5) is 4.39 Å². The van der Waals surface area contributed by atoms with Gasteiger partial charge in [-0.1, -0.05) is 12.1 Å². The monoisotopic (exact) mass is 500 g/mol. The summed E-state index contributed by atoms with van der Waals surface area (Å²) >= 11 is 0. The van der Waals surface area contributed by atoms with Crippen molar-refractivity contribution < 1.29 is 28.6 Å². The summed E-state index contributed by atoms with van der Waals surface area (Å²) in [5.41, 5.74) is -1.78. The van der Waals surface area contributed by atoms with Crippen LogP contribution in [0.25, 0.3) is 0 Å². The molecule has 1 fully saturated rings. The molecule has 0 spiro atoms. The Bertz CT molecular complexity index is 1260. The Morgan fingerprint density at radius 3 is 2.44 bits per heavy atom. The van der Waals surface area contributed by atoms with Crippen LogP contribution in [0, 0.1) is 5.82 Å². The molecular formula is C25H29FN4O6. The van der Waals surface area contributed by atoms with E-state index in [4.69, 9.17) is 4.74 Å². The molecule has 1 aromatic carbocycles. The number of nitrogens with zero attached hydrogens (tertiary/aromatic N) is 4. The fourth-order valence-corrected chi connectivity index (χ4v) is 4.90. The van der Waals surface area contributed by atoms with Gasteiger partial charge in [0.25, 0.3) is 5.56 Å². The van der Waals surface area contributed by atoms with E-state index < -0.39 is 52.0 Å². The number of hydrogen-bond donors (Lipinski definition) is 1. The first kappa shape index (κ1) is 25.5. The topological polar surface area (TPSA) is 122 Å². The van der Waals surface area contributed by atoms with Crippen LogP contribution in [0.5, 0.6) is 5.75 Å². The number of rotatable bonds is 5. The highest BCUT2D eigenvalue weighted by Crippen LogP contribution is 2.43. The highest BCUT2D eigenvalue weighted by Gasteiger charge is 2.52. The predicted molar refractivity (Wildman–Crippen MR) is 126 cm³/mol. The van der Waals surface area contributed by atoms with E-state index in [9.17, 15) is 28.7 Å². The van der Waals surface area contributed by atoms with Gasteiger partial charge in [-0.25, -0.2) is 9.37 Å². The van der Waals surface area contributed by atoms with Gasteiger partial charge in [0.2, 0.25) is 5.75 Å². The average molecular weight is 501 g/mol. The Hall–Kier alpha value is -3.60. The summed E-state index contributed by atoms with van der Waals surface area (Å²) < 4.78 is 20.5. The average Bonchev–Trinajstić information content (AvgIpc) is 3.06. The molecule has 11 heteroatoms. The molecule has 4 heterocycles. The van der Waals surface area contributed by atoms with Crippen molar-refractivity contribution in [3.63, 3.8) is 0 Å². The molecule has 1 aromatic heterocycles. The van der Waals surface area contributed by atoms with E-state index >= 15 is 0 Å². The number of hydrogen-bond acceptors (Lipinski definition) is 7. The Kier molecular flexibility index (Phi) is 6.70. The van der Waals surface area contributed by atoms with Crippen molar-refractivity contribution in [3.8, 4) is 5.75 Å². The summed E-state index contributed by atoms with van der Waals surface area (Å²) in [6.45, 7) is 1.73. The van der Waals surface area contributed by atoms with Gasteiger partial charge in [0.1, 0.15) is 17.2 Å². The number of likely N-dealkylation sites (N-methyl/N-ethyl adjacent to an activating group) is 2. The summed E-state index contributed by atoms with van der Waals surface area (Å²) in [5.74, 6) is -3.21. The molecule has 2 aromatic rings. The van der Waals surface area contributed by atoms with Gasteiger partial charge >= 0.3 is 11.8 Å². The van der Waals surface area contributed by atoms with Crippen molar-refractivity contribution in [1.82, 2.24) is 19.4 Å². The minimum Gasteiger partial charge on any atom is -0.501 e. The SMILES string of the molecule is CC1C2CCC(N(C)C(=O)C(=O)N(C)C)(CO2)c2nc(C(=O)CCc3ccc(F)cc3)c(O)c(=O)n21. The molecule has 3 aliphatic heterocycles. The molecular weight excluding hydrogens is 471 g/mol. The third-order valence-corrected chi connectivity index (χ3v) is 7.19. The number of fused-ring (bicyclic) bond motifs is 2. The predicted octanol–water partition coefficient (Wildman–Crippen LogP) is 1.40. The Morgan fingerprint density at radius 1 is 1.19 bits per heavy atom. The summed E-state index contributed by atoms with van der Waals surface area (Å²) in [5, 5.41) is 10.7. The standard InChI is InChI=1S/C25H29FN4O6/c1-14-18-11-12-25(13-36-18,29(4)23(35)22(34)28(2)3)24-27-19(20(32)21(33)30(14)24)17(31)10-7-15-5-8-16(26)9-6-15/h5-6,8-9,14,18,32H,7,10-13H2,1-4H3.